The van der Waals surface area contributed by atoms with Gasteiger partial charge in [0.15, 0.2) is 5.78 Å². The molecule has 0 unspecified atom stereocenters. The Kier molecular flexibility index (Phi) is 8.46. The smallest absolute Gasteiger partial charge is 0.258 e. The van der Waals surface area contributed by atoms with Gasteiger partial charge in [-0.2, -0.15) is 0 Å². The van der Waals surface area contributed by atoms with Crippen LogP contribution < -0.4 is 10.5 Å². The lowest BCUT2D eigenvalue weighted by atomic mass is 9.97. The van der Waals surface area contributed by atoms with E-state index >= 15 is 0 Å². The number of rotatable bonds is 7. The third-order valence-electron chi connectivity index (χ3n) is 5.19. The number of Topliss-reactive ketones (excluding diaryl/α,β-unsaturated/α-hetero) is 1. The van der Waals surface area contributed by atoms with E-state index in [1.54, 1.807) is 66.9 Å². The van der Waals surface area contributed by atoms with Crippen LogP contribution in [-0.4, -0.2) is 30.1 Å². The number of pyridine rings is 2. The van der Waals surface area contributed by atoms with Crippen molar-refractivity contribution < 1.29 is 18.0 Å². The van der Waals surface area contributed by atoms with Crippen molar-refractivity contribution in [1.82, 2.24) is 9.97 Å². The van der Waals surface area contributed by atoms with Crippen LogP contribution in [0.25, 0.3) is 11.1 Å². The predicted octanol–water partition coefficient (Wildman–Crippen LogP) is 4.87. The van der Waals surface area contributed by atoms with E-state index in [9.17, 15) is 18.0 Å². The zero-order valence-electron chi connectivity index (χ0n) is 18.2. The van der Waals surface area contributed by atoms with Crippen molar-refractivity contribution in [3.63, 3.8) is 0 Å². The normalized spacial score (nSPS) is 10.8. The molecule has 0 aliphatic carbocycles. The van der Waals surface area contributed by atoms with Crippen LogP contribution in [0.15, 0.2) is 94.7 Å². The van der Waals surface area contributed by atoms with Crippen molar-refractivity contribution in [1.29, 1.82) is 0 Å². The third-order valence-corrected chi connectivity index (χ3v) is 6.63. The van der Waals surface area contributed by atoms with Crippen LogP contribution >= 0.6 is 15.9 Å². The molecule has 0 aliphatic rings. The Morgan fingerprint density at radius 2 is 1.67 bits per heavy atom. The summed E-state index contributed by atoms with van der Waals surface area (Å²) in [5.74, 6) is -0.265. The molecule has 0 aliphatic heterocycles. The molecule has 2 heterocycles. The molecule has 10 heteroatoms. The Bertz CT molecular complexity index is 1510. The number of benzene rings is 2. The van der Waals surface area contributed by atoms with Gasteiger partial charge in [0.1, 0.15) is 5.82 Å². The molecule has 2 aromatic carbocycles. The number of amides is 1. The average Bonchev–Trinajstić information content (AvgIpc) is 2.85. The summed E-state index contributed by atoms with van der Waals surface area (Å²) in [7, 11) is -3.90. The van der Waals surface area contributed by atoms with Gasteiger partial charge in [-0.1, -0.05) is 49.9 Å². The minimum absolute atomic E-state index is 0. The highest BCUT2D eigenvalue weighted by Gasteiger charge is 2.18. The number of hydrogen-bond acceptors (Lipinski definition) is 6. The number of anilines is 1. The second kappa shape index (κ2) is 11.3. The summed E-state index contributed by atoms with van der Waals surface area (Å²) >= 11 is 3.29. The minimum atomic E-state index is -3.90. The molecule has 3 N–H and O–H groups in total. The number of nitrogens with two attached hydrogens (primary N) is 1. The third kappa shape index (κ3) is 6.28. The number of ketones is 1. The van der Waals surface area contributed by atoms with Crippen molar-refractivity contribution in [2.24, 2.45) is 5.14 Å². The molecule has 0 atom stereocenters. The number of halogens is 1. The molecule has 4 rings (SSSR count). The number of hydrogen-bond donors (Lipinski definition) is 2. The average molecular weight is 567 g/mol. The van der Waals surface area contributed by atoms with Gasteiger partial charge in [0.2, 0.25) is 10.0 Å². The lowest BCUT2D eigenvalue weighted by Gasteiger charge is -2.10. The van der Waals surface area contributed by atoms with Crippen molar-refractivity contribution >= 4 is 43.5 Å². The molecule has 8 nitrogen and oxygen atoms in total. The lowest BCUT2D eigenvalue weighted by molar-refractivity contribution is 0.0992. The number of carbonyl (C=O) groups excluding carboxylic acids is 2. The van der Waals surface area contributed by atoms with Gasteiger partial charge in [-0.05, 0) is 51.3 Å². The van der Waals surface area contributed by atoms with Crippen molar-refractivity contribution in [2.45, 2.75) is 18.7 Å². The van der Waals surface area contributed by atoms with E-state index in [1.165, 1.54) is 18.5 Å². The second-order valence-corrected chi connectivity index (χ2v) is 10.0. The Morgan fingerprint density at radius 3 is 2.33 bits per heavy atom. The monoisotopic (exact) mass is 566 g/mol. The number of primary sulfonamides is 1. The largest absolute Gasteiger partial charge is 0.307 e. The fourth-order valence-electron chi connectivity index (χ4n) is 3.48. The molecule has 184 valence electrons. The Morgan fingerprint density at radius 1 is 0.944 bits per heavy atom. The van der Waals surface area contributed by atoms with E-state index in [1.807, 2.05) is 0 Å². The molecular weight excluding hydrogens is 544 g/mol. The summed E-state index contributed by atoms with van der Waals surface area (Å²) in [6, 6.07) is 18.0. The molecule has 0 saturated carbocycles. The summed E-state index contributed by atoms with van der Waals surface area (Å²) < 4.78 is 24.6. The molecule has 1 amide bonds. The van der Waals surface area contributed by atoms with Crippen LogP contribution in [0, 0.1) is 0 Å². The zero-order chi connectivity index (χ0) is 25.0. The Hall–Kier alpha value is -3.73. The van der Waals surface area contributed by atoms with Gasteiger partial charge in [-0.15, -0.1) is 0 Å². The van der Waals surface area contributed by atoms with E-state index in [0.717, 1.165) is 4.47 Å². The molecule has 2 aromatic heterocycles. The van der Waals surface area contributed by atoms with E-state index in [4.69, 9.17) is 5.14 Å². The quantitative estimate of drug-likeness (QED) is 0.307. The fraction of sp³-hybridized carbons (Fsp3) is 0.0769. The number of aromatic nitrogens is 2. The zero-order valence-corrected chi connectivity index (χ0v) is 20.6. The van der Waals surface area contributed by atoms with Gasteiger partial charge < -0.3 is 5.32 Å². The fourth-order valence-corrected chi connectivity index (χ4v) is 4.47. The van der Waals surface area contributed by atoms with E-state index in [2.05, 4.69) is 31.2 Å². The van der Waals surface area contributed by atoms with Crippen LogP contribution in [0.3, 0.4) is 0 Å². The summed E-state index contributed by atoms with van der Waals surface area (Å²) in [5.41, 5.74) is 2.26. The number of nitrogens with zero attached hydrogens (tertiary/aromatic N) is 2. The summed E-state index contributed by atoms with van der Waals surface area (Å²) in [4.78, 5) is 33.9. The standard InChI is InChI=1S/C25H19BrN4O4S.CH4/c26-19-9-10-24(29-14-19)30-25(32)21-15-28-12-11-18(21)13-22(31)17-7-5-16(6-8-17)20-3-1-2-4-23(20)35(27,33)34;/h1-12,14-15H,13H2,(H2,27,33,34)(H,29,30,32);1H4. The number of carbonyl (C=O) groups is 2. The molecule has 0 saturated heterocycles. The van der Waals surface area contributed by atoms with Crippen molar-refractivity contribution in [2.75, 3.05) is 5.32 Å². The summed E-state index contributed by atoms with van der Waals surface area (Å²) in [6.07, 6.45) is 4.47. The van der Waals surface area contributed by atoms with Crippen LogP contribution in [0.2, 0.25) is 0 Å². The second-order valence-electron chi connectivity index (χ2n) is 7.57. The van der Waals surface area contributed by atoms with E-state index in [0.29, 0.717) is 28.1 Å². The van der Waals surface area contributed by atoms with Gasteiger partial charge in [0.25, 0.3) is 5.91 Å². The first-order valence-corrected chi connectivity index (χ1v) is 12.7. The maximum Gasteiger partial charge on any atom is 0.258 e. The molecule has 0 spiro atoms. The van der Waals surface area contributed by atoms with Crippen LogP contribution in [0.1, 0.15) is 33.7 Å². The topological polar surface area (TPSA) is 132 Å². The van der Waals surface area contributed by atoms with Gasteiger partial charge >= 0.3 is 0 Å². The van der Waals surface area contributed by atoms with Crippen LogP contribution in [0.4, 0.5) is 5.82 Å². The van der Waals surface area contributed by atoms with Gasteiger partial charge in [0, 0.05) is 40.6 Å². The first kappa shape index (κ1) is 26.9. The highest BCUT2D eigenvalue weighted by atomic mass is 79.9. The molecule has 4 aromatic rings. The summed E-state index contributed by atoms with van der Waals surface area (Å²) in [5, 5.41) is 8.03. The highest BCUT2D eigenvalue weighted by Crippen LogP contribution is 2.27. The van der Waals surface area contributed by atoms with Gasteiger partial charge in [0.05, 0.1) is 10.5 Å². The van der Waals surface area contributed by atoms with Crippen molar-refractivity contribution in [3.05, 3.63) is 106 Å². The highest BCUT2D eigenvalue weighted by molar-refractivity contribution is 9.10. The van der Waals surface area contributed by atoms with E-state index < -0.39 is 15.9 Å². The maximum atomic E-state index is 13.0. The minimum Gasteiger partial charge on any atom is -0.307 e. The molecule has 36 heavy (non-hydrogen) atoms. The SMILES string of the molecule is C.NS(=O)(=O)c1ccccc1-c1ccc(C(=O)Cc2ccncc2C(=O)Nc2ccc(Br)cn2)cc1. The number of nitrogens with one attached hydrogen (secondary N) is 1. The van der Waals surface area contributed by atoms with E-state index in [-0.39, 0.29) is 30.1 Å². The molecule has 0 fully saturated rings. The van der Waals surface area contributed by atoms with Crippen molar-refractivity contribution in [3.8, 4) is 11.1 Å². The van der Waals surface area contributed by atoms with Crippen LogP contribution in [-0.2, 0) is 16.4 Å². The molecule has 0 radical (unpaired) electrons. The summed E-state index contributed by atoms with van der Waals surface area (Å²) in [6.45, 7) is 0. The first-order valence-electron chi connectivity index (χ1n) is 10.3. The predicted molar refractivity (Wildman–Crippen MR) is 142 cm³/mol. The van der Waals surface area contributed by atoms with Gasteiger partial charge in [-0.3, -0.25) is 14.6 Å². The lowest BCUT2D eigenvalue weighted by Crippen LogP contribution is -2.17. The maximum absolute atomic E-state index is 13.0. The number of sulfonamides is 1. The molecule has 0 bridgehead atoms. The first-order chi connectivity index (χ1) is 16.7. The van der Waals surface area contributed by atoms with Crippen LogP contribution in [0.5, 0.6) is 0 Å². The molecular formula is C26H23BrN4O4S. The Labute approximate surface area is 217 Å². The van der Waals surface area contributed by atoms with Gasteiger partial charge in [-0.25, -0.2) is 18.5 Å². The Balaban J connectivity index is 0.00000361.